The second-order valence-corrected chi connectivity index (χ2v) is 5.80. The highest BCUT2D eigenvalue weighted by molar-refractivity contribution is 5.91. The molecule has 26 heavy (non-hydrogen) atoms. The van der Waals surface area contributed by atoms with Gasteiger partial charge in [-0.2, -0.15) is 5.10 Å². The molecule has 2 aromatic carbocycles. The van der Waals surface area contributed by atoms with Crippen LogP contribution in [0.4, 0.5) is 4.39 Å². The van der Waals surface area contributed by atoms with E-state index in [0.29, 0.717) is 12.0 Å². The second-order valence-electron chi connectivity index (χ2n) is 5.80. The van der Waals surface area contributed by atoms with Crippen LogP contribution < -0.4 is 10.9 Å². The monoisotopic (exact) mass is 351 g/mol. The van der Waals surface area contributed by atoms with Crippen molar-refractivity contribution in [1.82, 2.24) is 15.1 Å². The van der Waals surface area contributed by atoms with E-state index in [9.17, 15) is 14.0 Å². The van der Waals surface area contributed by atoms with Gasteiger partial charge in [0.25, 0.3) is 11.5 Å². The highest BCUT2D eigenvalue weighted by Gasteiger charge is 2.10. The van der Waals surface area contributed by atoms with E-state index in [1.165, 1.54) is 22.9 Å². The third-order valence-electron chi connectivity index (χ3n) is 3.91. The summed E-state index contributed by atoms with van der Waals surface area (Å²) in [5.74, 6) is -0.695. The lowest BCUT2D eigenvalue weighted by molar-refractivity contribution is 0.0946. The molecule has 132 valence electrons. The molecule has 0 fully saturated rings. The summed E-state index contributed by atoms with van der Waals surface area (Å²) in [7, 11) is 0. The number of hydrogen-bond acceptors (Lipinski definition) is 3. The minimum Gasteiger partial charge on any atom is -0.350 e. The minimum absolute atomic E-state index is 0.147. The molecule has 0 saturated carbocycles. The third-order valence-corrected chi connectivity index (χ3v) is 3.91. The molecule has 1 aromatic heterocycles. The van der Waals surface area contributed by atoms with Crippen molar-refractivity contribution in [3.8, 4) is 0 Å². The molecule has 1 heterocycles. The van der Waals surface area contributed by atoms with E-state index in [2.05, 4.69) is 10.4 Å². The van der Waals surface area contributed by atoms with Crippen molar-refractivity contribution in [2.24, 2.45) is 0 Å². The molecule has 0 unspecified atom stereocenters. The van der Waals surface area contributed by atoms with Gasteiger partial charge in [0.1, 0.15) is 11.5 Å². The summed E-state index contributed by atoms with van der Waals surface area (Å²) < 4.78 is 14.8. The van der Waals surface area contributed by atoms with Crippen LogP contribution in [0.5, 0.6) is 0 Å². The van der Waals surface area contributed by atoms with E-state index >= 15 is 0 Å². The van der Waals surface area contributed by atoms with Gasteiger partial charge in [0.05, 0.1) is 6.54 Å². The fraction of sp³-hybridized carbons (Fsp3) is 0.150. The lowest BCUT2D eigenvalue weighted by Crippen LogP contribution is -2.31. The Kier molecular flexibility index (Phi) is 5.53. The molecule has 1 N–H and O–H groups in total. The molecule has 0 atom stereocenters. The van der Waals surface area contributed by atoms with Crippen LogP contribution >= 0.6 is 0 Å². The zero-order chi connectivity index (χ0) is 18.4. The van der Waals surface area contributed by atoms with Gasteiger partial charge < -0.3 is 5.32 Å². The third kappa shape index (κ3) is 4.42. The van der Waals surface area contributed by atoms with E-state index in [1.54, 1.807) is 18.2 Å². The number of halogens is 1. The minimum atomic E-state index is -0.400. The lowest BCUT2D eigenvalue weighted by atomic mass is 10.1. The van der Waals surface area contributed by atoms with Crippen molar-refractivity contribution in [2.45, 2.75) is 13.0 Å². The average molecular weight is 351 g/mol. The number of amides is 1. The SMILES string of the molecule is O=C(NCCc1ccccc1F)c1ccc(=O)n(Cc2ccccc2)n1. The molecule has 0 spiro atoms. The number of carbonyl (C=O) groups is 1. The van der Waals surface area contributed by atoms with E-state index in [1.807, 2.05) is 30.3 Å². The summed E-state index contributed by atoms with van der Waals surface area (Å²) in [6, 6.07) is 18.6. The number of carbonyl (C=O) groups excluding carboxylic acids is 1. The Morgan fingerprint density at radius 1 is 1.00 bits per heavy atom. The zero-order valence-electron chi connectivity index (χ0n) is 14.1. The number of nitrogens with one attached hydrogen (secondary N) is 1. The van der Waals surface area contributed by atoms with Crippen LogP contribution in [0, 0.1) is 5.82 Å². The normalized spacial score (nSPS) is 10.5. The first-order valence-electron chi connectivity index (χ1n) is 8.27. The van der Waals surface area contributed by atoms with E-state index in [-0.39, 0.29) is 30.2 Å². The molecule has 0 aliphatic rings. The van der Waals surface area contributed by atoms with Gasteiger partial charge in [0.2, 0.25) is 0 Å². The predicted molar refractivity (Wildman–Crippen MR) is 96.5 cm³/mol. The highest BCUT2D eigenvalue weighted by atomic mass is 19.1. The van der Waals surface area contributed by atoms with Crippen molar-refractivity contribution < 1.29 is 9.18 Å². The Balaban J connectivity index is 1.65. The summed E-state index contributed by atoms with van der Waals surface area (Å²) in [5.41, 5.74) is 1.32. The first-order valence-corrected chi connectivity index (χ1v) is 8.27. The number of benzene rings is 2. The Morgan fingerprint density at radius 3 is 2.50 bits per heavy atom. The molecular formula is C20H18FN3O2. The molecule has 3 rings (SSSR count). The molecule has 1 amide bonds. The van der Waals surface area contributed by atoms with E-state index < -0.39 is 5.91 Å². The number of hydrogen-bond donors (Lipinski definition) is 1. The van der Waals surface area contributed by atoms with Gasteiger partial charge in [-0.3, -0.25) is 9.59 Å². The average Bonchev–Trinajstić information content (AvgIpc) is 2.66. The zero-order valence-corrected chi connectivity index (χ0v) is 14.1. The molecular weight excluding hydrogens is 333 g/mol. The van der Waals surface area contributed by atoms with Crippen molar-refractivity contribution in [2.75, 3.05) is 6.54 Å². The molecule has 6 heteroatoms. The van der Waals surface area contributed by atoms with Crippen LogP contribution in [0.2, 0.25) is 0 Å². The van der Waals surface area contributed by atoms with Crippen LogP contribution in [0.15, 0.2) is 71.5 Å². The maximum absolute atomic E-state index is 13.6. The van der Waals surface area contributed by atoms with Gasteiger partial charge in [-0.1, -0.05) is 48.5 Å². The number of rotatable bonds is 6. The topological polar surface area (TPSA) is 64.0 Å². The van der Waals surface area contributed by atoms with Gasteiger partial charge in [0, 0.05) is 12.6 Å². The second kappa shape index (κ2) is 8.20. The Morgan fingerprint density at radius 2 is 1.73 bits per heavy atom. The van der Waals surface area contributed by atoms with Crippen LogP contribution in [0.25, 0.3) is 0 Å². The van der Waals surface area contributed by atoms with Crippen molar-refractivity contribution in [1.29, 1.82) is 0 Å². The van der Waals surface area contributed by atoms with Crippen molar-refractivity contribution in [3.63, 3.8) is 0 Å². The molecule has 0 saturated heterocycles. The largest absolute Gasteiger partial charge is 0.350 e. The van der Waals surface area contributed by atoms with Crippen molar-refractivity contribution >= 4 is 5.91 Å². The summed E-state index contributed by atoms with van der Waals surface area (Å²) in [4.78, 5) is 24.2. The van der Waals surface area contributed by atoms with Gasteiger partial charge >= 0.3 is 0 Å². The molecule has 0 aliphatic carbocycles. The summed E-state index contributed by atoms with van der Waals surface area (Å²) in [6.45, 7) is 0.565. The first kappa shape index (κ1) is 17.5. The van der Waals surface area contributed by atoms with Gasteiger partial charge in [-0.15, -0.1) is 0 Å². The number of nitrogens with zero attached hydrogens (tertiary/aromatic N) is 2. The van der Waals surface area contributed by atoms with Crippen LogP contribution in [-0.2, 0) is 13.0 Å². The Bertz CT molecular complexity index is 955. The van der Waals surface area contributed by atoms with Crippen LogP contribution in [-0.4, -0.2) is 22.2 Å². The fourth-order valence-electron chi connectivity index (χ4n) is 2.54. The maximum Gasteiger partial charge on any atom is 0.271 e. The van der Waals surface area contributed by atoms with Gasteiger partial charge in [-0.25, -0.2) is 9.07 Å². The lowest BCUT2D eigenvalue weighted by Gasteiger charge is -2.08. The van der Waals surface area contributed by atoms with Gasteiger partial charge in [-0.05, 0) is 29.7 Å². The van der Waals surface area contributed by atoms with Gasteiger partial charge in [0.15, 0.2) is 0 Å². The molecule has 3 aromatic rings. The first-order chi connectivity index (χ1) is 12.6. The maximum atomic E-state index is 13.6. The van der Waals surface area contributed by atoms with Crippen LogP contribution in [0.3, 0.4) is 0 Å². The highest BCUT2D eigenvalue weighted by Crippen LogP contribution is 2.06. The summed E-state index contributed by atoms with van der Waals surface area (Å²) >= 11 is 0. The standard InChI is InChI=1S/C20H18FN3O2/c21-17-9-5-4-8-16(17)12-13-22-20(26)18-10-11-19(25)24(23-18)14-15-6-2-1-3-7-15/h1-11H,12-14H2,(H,22,26). The predicted octanol–water partition coefficient (Wildman–Crippen LogP) is 2.40. The Hall–Kier alpha value is -3.28. The number of aromatic nitrogens is 2. The summed E-state index contributed by atoms with van der Waals surface area (Å²) in [6.07, 6.45) is 0.377. The molecule has 0 aliphatic heterocycles. The molecule has 0 radical (unpaired) electrons. The molecule has 0 bridgehead atoms. The van der Waals surface area contributed by atoms with Crippen molar-refractivity contribution in [3.05, 3.63) is 99.7 Å². The van der Waals surface area contributed by atoms with Crippen LogP contribution in [0.1, 0.15) is 21.6 Å². The molecule has 5 nitrogen and oxygen atoms in total. The smallest absolute Gasteiger partial charge is 0.271 e. The quantitative estimate of drug-likeness (QED) is 0.742. The fourth-order valence-corrected chi connectivity index (χ4v) is 2.54. The Labute approximate surface area is 150 Å². The van der Waals surface area contributed by atoms with E-state index in [4.69, 9.17) is 0 Å². The van der Waals surface area contributed by atoms with E-state index in [0.717, 1.165) is 5.56 Å². The summed E-state index contributed by atoms with van der Waals surface area (Å²) in [5, 5.41) is 6.83.